The van der Waals surface area contributed by atoms with E-state index < -0.39 is 16.7 Å². The molecule has 1 saturated carbocycles. The lowest BCUT2D eigenvalue weighted by molar-refractivity contribution is -0.124. The predicted molar refractivity (Wildman–Crippen MR) is 129 cm³/mol. The number of piperidine rings is 1. The Morgan fingerprint density at radius 2 is 1.00 bits per heavy atom. The van der Waals surface area contributed by atoms with Crippen molar-refractivity contribution in [1.82, 2.24) is 0 Å². The van der Waals surface area contributed by atoms with Crippen LogP contribution in [-0.2, 0) is 20.4 Å². The first-order valence-corrected chi connectivity index (χ1v) is 11.3. The second-order valence-corrected chi connectivity index (χ2v) is 9.04. The maximum Gasteiger partial charge on any atom is 0.246 e. The van der Waals surface area contributed by atoms with E-state index in [-0.39, 0.29) is 11.8 Å². The summed E-state index contributed by atoms with van der Waals surface area (Å²) in [5.74, 6) is -0.919. The Morgan fingerprint density at radius 3 is 1.45 bits per heavy atom. The molecule has 0 radical (unpaired) electrons. The Bertz CT molecular complexity index is 1310. The standard InChI is InChI=1S/C29H20ClNO2/c30-23-16-18-24(19-17-23)31-26(32)25-28(20-10-4-1-5-11-20,21-12-6-2-7-13-21)29(25,27(31)33)22-14-8-3-9-15-22/h1-19,25H/t25-,29-/m0/s1. The minimum absolute atomic E-state index is 0.182. The lowest BCUT2D eigenvalue weighted by Crippen LogP contribution is -2.44. The van der Waals surface area contributed by atoms with E-state index in [4.69, 9.17) is 11.6 Å². The molecule has 4 aromatic rings. The highest BCUT2D eigenvalue weighted by Crippen LogP contribution is 2.77. The molecule has 4 aromatic carbocycles. The fourth-order valence-corrected chi connectivity index (χ4v) is 6.08. The fourth-order valence-electron chi connectivity index (χ4n) is 5.95. The second-order valence-electron chi connectivity index (χ2n) is 8.60. The van der Waals surface area contributed by atoms with Gasteiger partial charge >= 0.3 is 0 Å². The van der Waals surface area contributed by atoms with Gasteiger partial charge in [0.15, 0.2) is 0 Å². The van der Waals surface area contributed by atoms with Gasteiger partial charge in [-0.2, -0.15) is 0 Å². The minimum Gasteiger partial charge on any atom is -0.274 e. The molecular formula is C29H20ClNO2. The zero-order valence-corrected chi connectivity index (χ0v) is 18.4. The lowest BCUT2D eigenvalue weighted by atomic mass is 9.76. The number of halogens is 1. The molecule has 0 spiro atoms. The molecule has 2 fully saturated rings. The number of rotatable bonds is 4. The van der Waals surface area contributed by atoms with Crippen LogP contribution in [0.15, 0.2) is 115 Å². The maximum atomic E-state index is 14.4. The summed E-state index contributed by atoms with van der Waals surface area (Å²) in [6, 6.07) is 36.5. The van der Waals surface area contributed by atoms with Gasteiger partial charge in [-0.3, -0.25) is 9.59 Å². The molecule has 160 valence electrons. The number of imide groups is 1. The highest BCUT2D eigenvalue weighted by molar-refractivity contribution is 6.33. The Morgan fingerprint density at radius 1 is 0.576 bits per heavy atom. The molecule has 2 atom stereocenters. The van der Waals surface area contributed by atoms with E-state index in [1.165, 1.54) is 4.90 Å². The SMILES string of the molecule is O=C1[C@H]2C(c3ccccc3)(c3ccccc3)[C@]2(c2ccccc2)C(=O)N1c1ccc(Cl)cc1. The zero-order chi connectivity index (χ0) is 22.6. The number of hydrogen-bond acceptors (Lipinski definition) is 2. The first-order valence-electron chi connectivity index (χ1n) is 10.9. The highest BCUT2D eigenvalue weighted by Gasteiger charge is 2.89. The van der Waals surface area contributed by atoms with Crippen LogP contribution in [0.25, 0.3) is 0 Å². The van der Waals surface area contributed by atoms with Gasteiger partial charge in [-0.25, -0.2) is 4.90 Å². The molecule has 4 heteroatoms. The summed E-state index contributed by atoms with van der Waals surface area (Å²) >= 11 is 6.07. The quantitative estimate of drug-likeness (QED) is 0.371. The monoisotopic (exact) mass is 449 g/mol. The van der Waals surface area contributed by atoms with Crippen molar-refractivity contribution in [1.29, 1.82) is 0 Å². The number of fused-ring (bicyclic) bond motifs is 1. The molecule has 6 rings (SSSR count). The van der Waals surface area contributed by atoms with Gasteiger partial charge < -0.3 is 0 Å². The van der Waals surface area contributed by atoms with Gasteiger partial charge in [-0.1, -0.05) is 103 Å². The zero-order valence-electron chi connectivity index (χ0n) is 17.7. The van der Waals surface area contributed by atoms with E-state index in [0.29, 0.717) is 10.7 Å². The summed E-state index contributed by atoms with van der Waals surface area (Å²) in [5, 5.41) is 0.559. The van der Waals surface area contributed by atoms with Crippen LogP contribution in [0, 0.1) is 5.92 Å². The predicted octanol–water partition coefficient (Wildman–Crippen LogP) is 5.77. The lowest BCUT2D eigenvalue weighted by Gasteiger charge is -2.31. The number of anilines is 1. The average molecular weight is 450 g/mol. The Hall–Kier alpha value is -3.69. The van der Waals surface area contributed by atoms with E-state index in [2.05, 4.69) is 0 Å². The third kappa shape index (κ3) is 2.46. The number of carbonyl (C=O) groups is 2. The molecular weight excluding hydrogens is 430 g/mol. The molecule has 3 nitrogen and oxygen atoms in total. The molecule has 0 aromatic heterocycles. The summed E-state index contributed by atoms with van der Waals surface area (Å²) < 4.78 is 0. The van der Waals surface area contributed by atoms with Crippen LogP contribution in [0.4, 0.5) is 5.69 Å². The number of nitrogens with zero attached hydrogens (tertiary/aromatic N) is 1. The molecule has 0 unspecified atom stereocenters. The third-order valence-corrected chi connectivity index (χ3v) is 7.44. The van der Waals surface area contributed by atoms with E-state index in [9.17, 15) is 9.59 Å². The summed E-state index contributed by atoms with van der Waals surface area (Å²) in [7, 11) is 0. The van der Waals surface area contributed by atoms with Gasteiger partial charge in [0.05, 0.1) is 17.0 Å². The molecule has 0 bridgehead atoms. The van der Waals surface area contributed by atoms with E-state index in [0.717, 1.165) is 16.7 Å². The second kappa shape index (κ2) is 7.16. The third-order valence-electron chi connectivity index (χ3n) is 7.18. The van der Waals surface area contributed by atoms with Gasteiger partial charge in [-0.05, 0) is 41.0 Å². The molecule has 1 saturated heterocycles. The smallest absolute Gasteiger partial charge is 0.246 e. The Balaban J connectivity index is 1.64. The van der Waals surface area contributed by atoms with Crippen molar-refractivity contribution in [3.05, 3.63) is 137 Å². The van der Waals surface area contributed by atoms with Crippen LogP contribution in [-0.4, -0.2) is 11.8 Å². The van der Waals surface area contributed by atoms with E-state index >= 15 is 0 Å². The average Bonchev–Trinajstić information content (AvgIpc) is 3.46. The minimum atomic E-state index is -1.02. The molecule has 1 heterocycles. The fraction of sp³-hybridized carbons (Fsp3) is 0.103. The number of hydrogen-bond donors (Lipinski definition) is 0. The van der Waals surface area contributed by atoms with Crippen LogP contribution in [0.1, 0.15) is 16.7 Å². The summed E-state index contributed by atoms with van der Waals surface area (Å²) in [5.41, 5.74) is 1.57. The van der Waals surface area contributed by atoms with Gasteiger partial charge in [0.2, 0.25) is 11.8 Å². The van der Waals surface area contributed by atoms with Crippen molar-refractivity contribution in [2.75, 3.05) is 4.90 Å². The van der Waals surface area contributed by atoms with Gasteiger partial charge in [0.1, 0.15) is 5.41 Å². The van der Waals surface area contributed by atoms with Crippen molar-refractivity contribution >= 4 is 29.1 Å². The molecule has 2 aliphatic rings. The van der Waals surface area contributed by atoms with Crippen molar-refractivity contribution < 1.29 is 9.59 Å². The van der Waals surface area contributed by atoms with E-state index in [1.54, 1.807) is 24.3 Å². The van der Waals surface area contributed by atoms with Crippen molar-refractivity contribution in [3.8, 4) is 0 Å². The topological polar surface area (TPSA) is 37.4 Å². The number of amides is 2. The Kier molecular flexibility index (Phi) is 4.33. The van der Waals surface area contributed by atoms with E-state index in [1.807, 2.05) is 91.0 Å². The highest BCUT2D eigenvalue weighted by atomic mass is 35.5. The first kappa shape index (κ1) is 20.0. The molecule has 0 N–H and O–H groups in total. The maximum absolute atomic E-state index is 14.4. The first-order chi connectivity index (χ1) is 16.1. The van der Waals surface area contributed by atoms with Gasteiger partial charge in [-0.15, -0.1) is 0 Å². The van der Waals surface area contributed by atoms with Gasteiger partial charge in [0.25, 0.3) is 0 Å². The van der Waals surface area contributed by atoms with Crippen LogP contribution < -0.4 is 4.90 Å². The normalized spacial score (nSPS) is 22.8. The molecule has 1 aliphatic heterocycles. The number of benzene rings is 4. The van der Waals surface area contributed by atoms with Crippen molar-refractivity contribution in [3.63, 3.8) is 0 Å². The Labute approximate surface area is 197 Å². The molecule has 2 amide bonds. The van der Waals surface area contributed by atoms with Crippen molar-refractivity contribution in [2.24, 2.45) is 5.92 Å². The largest absolute Gasteiger partial charge is 0.274 e. The van der Waals surface area contributed by atoms with Crippen LogP contribution in [0.2, 0.25) is 5.02 Å². The van der Waals surface area contributed by atoms with Crippen LogP contribution in [0.3, 0.4) is 0 Å². The van der Waals surface area contributed by atoms with Crippen LogP contribution >= 0.6 is 11.6 Å². The number of carbonyl (C=O) groups excluding carboxylic acids is 2. The van der Waals surface area contributed by atoms with Gasteiger partial charge in [0, 0.05) is 5.02 Å². The van der Waals surface area contributed by atoms with Crippen LogP contribution in [0.5, 0.6) is 0 Å². The van der Waals surface area contributed by atoms with Crippen molar-refractivity contribution in [2.45, 2.75) is 10.8 Å². The summed E-state index contributed by atoms with van der Waals surface area (Å²) in [6.07, 6.45) is 0. The molecule has 1 aliphatic carbocycles. The summed E-state index contributed by atoms with van der Waals surface area (Å²) in [6.45, 7) is 0. The summed E-state index contributed by atoms with van der Waals surface area (Å²) in [4.78, 5) is 29.8. The molecule has 33 heavy (non-hydrogen) atoms.